The SMILES string of the molecule is CCCOC(=O)CNC(=O)C(CSCc1ccc(Br)cc1)NC(=O)CCC([NH3+])C(=O)OCCC. The van der Waals surface area contributed by atoms with Gasteiger partial charge in [-0.15, -0.1) is 0 Å². The minimum Gasteiger partial charge on any atom is -0.464 e. The van der Waals surface area contributed by atoms with E-state index < -0.39 is 29.9 Å². The first-order chi connectivity index (χ1) is 16.3. The quantitative estimate of drug-likeness (QED) is 0.261. The molecule has 190 valence electrons. The smallest absolute Gasteiger partial charge is 0.364 e. The highest BCUT2D eigenvalue weighted by Gasteiger charge is 2.24. The molecule has 9 nitrogen and oxygen atoms in total. The Bertz CT molecular complexity index is 793. The van der Waals surface area contributed by atoms with Gasteiger partial charge < -0.3 is 25.8 Å². The molecule has 0 bridgehead atoms. The van der Waals surface area contributed by atoms with Crippen molar-refractivity contribution >= 4 is 51.4 Å². The molecule has 2 amide bonds. The van der Waals surface area contributed by atoms with Crippen molar-refractivity contribution in [3.63, 3.8) is 0 Å². The van der Waals surface area contributed by atoms with E-state index in [0.29, 0.717) is 31.0 Å². The van der Waals surface area contributed by atoms with Crippen LogP contribution in [-0.2, 0) is 34.4 Å². The van der Waals surface area contributed by atoms with Gasteiger partial charge in [0.2, 0.25) is 11.8 Å². The van der Waals surface area contributed by atoms with Gasteiger partial charge in [0, 0.05) is 28.8 Å². The van der Waals surface area contributed by atoms with Crippen molar-refractivity contribution in [3.05, 3.63) is 34.3 Å². The average molecular weight is 562 g/mol. The summed E-state index contributed by atoms with van der Waals surface area (Å²) in [6, 6.07) is 6.31. The summed E-state index contributed by atoms with van der Waals surface area (Å²) in [5.41, 5.74) is 4.82. The van der Waals surface area contributed by atoms with E-state index in [2.05, 4.69) is 32.3 Å². The summed E-state index contributed by atoms with van der Waals surface area (Å²) in [7, 11) is 0. The maximum Gasteiger partial charge on any atom is 0.364 e. The van der Waals surface area contributed by atoms with Gasteiger partial charge >= 0.3 is 11.9 Å². The summed E-state index contributed by atoms with van der Waals surface area (Å²) >= 11 is 4.88. The highest BCUT2D eigenvalue weighted by atomic mass is 79.9. The van der Waals surface area contributed by atoms with Crippen LogP contribution in [0.1, 0.15) is 45.1 Å². The van der Waals surface area contributed by atoms with Crippen molar-refractivity contribution in [1.29, 1.82) is 0 Å². The summed E-state index contributed by atoms with van der Waals surface area (Å²) < 4.78 is 11.0. The topological polar surface area (TPSA) is 138 Å². The number of esters is 2. The van der Waals surface area contributed by atoms with Crippen LogP contribution in [-0.4, -0.2) is 61.3 Å². The van der Waals surface area contributed by atoms with Gasteiger partial charge in [-0.2, -0.15) is 11.8 Å². The minimum atomic E-state index is -0.845. The largest absolute Gasteiger partial charge is 0.464 e. The van der Waals surface area contributed by atoms with E-state index in [-0.39, 0.29) is 31.9 Å². The number of hydrogen-bond donors (Lipinski definition) is 3. The molecule has 0 fully saturated rings. The summed E-state index contributed by atoms with van der Waals surface area (Å²) in [4.78, 5) is 48.7. The number of hydrogen-bond acceptors (Lipinski definition) is 7. The number of amides is 2. The van der Waals surface area contributed by atoms with Gasteiger partial charge in [0.05, 0.1) is 13.2 Å². The lowest BCUT2D eigenvalue weighted by Crippen LogP contribution is -2.65. The fraction of sp³-hybridized carbons (Fsp3) is 0.565. The molecular weight excluding hydrogens is 526 g/mol. The second-order valence-corrected chi connectivity index (χ2v) is 9.55. The van der Waals surface area contributed by atoms with Crippen molar-refractivity contribution in [2.45, 2.75) is 57.4 Å². The summed E-state index contributed by atoms with van der Waals surface area (Å²) in [5, 5.41) is 5.23. The lowest BCUT2D eigenvalue weighted by Gasteiger charge is -2.18. The molecule has 1 rings (SSSR count). The van der Waals surface area contributed by atoms with Crippen LogP contribution in [0.15, 0.2) is 28.7 Å². The zero-order valence-electron chi connectivity index (χ0n) is 19.8. The van der Waals surface area contributed by atoms with Crippen LogP contribution < -0.4 is 16.4 Å². The van der Waals surface area contributed by atoms with Gasteiger partial charge in [0.15, 0.2) is 6.04 Å². The number of carbonyl (C=O) groups excluding carboxylic acids is 4. The predicted octanol–water partition coefficient (Wildman–Crippen LogP) is 1.58. The van der Waals surface area contributed by atoms with Crippen LogP contribution in [0.25, 0.3) is 0 Å². The van der Waals surface area contributed by atoms with Gasteiger partial charge in [-0.1, -0.05) is 41.9 Å². The van der Waals surface area contributed by atoms with Crippen LogP contribution in [0.5, 0.6) is 0 Å². The monoisotopic (exact) mass is 560 g/mol. The second-order valence-electron chi connectivity index (χ2n) is 7.60. The summed E-state index contributed by atoms with van der Waals surface area (Å²) in [5.74, 6) is -0.874. The Morgan fingerprint density at radius 2 is 1.71 bits per heavy atom. The van der Waals surface area contributed by atoms with Gasteiger partial charge in [0.25, 0.3) is 0 Å². The first-order valence-electron chi connectivity index (χ1n) is 11.3. The van der Waals surface area contributed by atoms with Crippen LogP contribution in [0, 0.1) is 0 Å². The zero-order chi connectivity index (χ0) is 25.3. The maximum absolute atomic E-state index is 12.7. The molecule has 1 aromatic carbocycles. The Hall–Kier alpha value is -2.11. The molecule has 0 radical (unpaired) electrons. The van der Waals surface area contributed by atoms with E-state index in [1.807, 2.05) is 38.1 Å². The molecule has 1 aromatic rings. The van der Waals surface area contributed by atoms with Crippen LogP contribution in [0.4, 0.5) is 0 Å². The van der Waals surface area contributed by atoms with Crippen molar-refractivity contribution in [2.75, 3.05) is 25.5 Å². The van der Waals surface area contributed by atoms with Crippen molar-refractivity contribution < 1.29 is 34.4 Å². The molecule has 0 aliphatic heterocycles. The lowest BCUT2D eigenvalue weighted by atomic mass is 10.1. The van der Waals surface area contributed by atoms with Crippen LogP contribution in [0.3, 0.4) is 0 Å². The number of thioether (sulfide) groups is 1. The van der Waals surface area contributed by atoms with E-state index >= 15 is 0 Å². The number of carbonyl (C=O) groups is 4. The molecule has 0 saturated carbocycles. The fourth-order valence-electron chi connectivity index (χ4n) is 2.62. The first kappa shape index (κ1) is 29.9. The van der Waals surface area contributed by atoms with Gasteiger partial charge in [-0.25, -0.2) is 4.79 Å². The highest BCUT2D eigenvalue weighted by molar-refractivity contribution is 9.10. The van der Waals surface area contributed by atoms with Gasteiger partial charge in [0.1, 0.15) is 12.6 Å². The average Bonchev–Trinajstić information content (AvgIpc) is 2.83. The molecule has 2 unspecified atom stereocenters. The van der Waals surface area contributed by atoms with Crippen molar-refractivity contribution in [3.8, 4) is 0 Å². The number of rotatable bonds is 16. The third-order valence-electron chi connectivity index (χ3n) is 4.49. The number of quaternary nitrogens is 1. The fourth-order valence-corrected chi connectivity index (χ4v) is 3.90. The molecule has 0 aliphatic rings. The molecule has 5 N–H and O–H groups in total. The molecular formula is C23H35BrN3O6S+. The van der Waals surface area contributed by atoms with Crippen molar-refractivity contribution in [2.24, 2.45) is 0 Å². The zero-order valence-corrected chi connectivity index (χ0v) is 22.2. The molecule has 34 heavy (non-hydrogen) atoms. The maximum atomic E-state index is 12.7. The van der Waals surface area contributed by atoms with Gasteiger partial charge in [-0.05, 0) is 30.5 Å². The van der Waals surface area contributed by atoms with Gasteiger partial charge in [-0.3, -0.25) is 14.4 Å². The normalized spacial score (nSPS) is 12.4. The third-order valence-corrected chi connectivity index (χ3v) is 6.13. The summed E-state index contributed by atoms with van der Waals surface area (Å²) in [6.45, 7) is 4.09. The van der Waals surface area contributed by atoms with Crippen LogP contribution >= 0.6 is 27.7 Å². The van der Waals surface area contributed by atoms with E-state index in [0.717, 1.165) is 10.0 Å². The number of halogens is 1. The number of nitrogens with one attached hydrogen (secondary N) is 2. The molecule has 0 aliphatic carbocycles. The lowest BCUT2D eigenvalue weighted by molar-refractivity contribution is -0.409. The van der Waals surface area contributed by atoms with E-state index in [9.17, 15) is 19.2 Å². The Morgan fingerprint density at radius 1 is 1.06 bits per heavy atom. The molecule has 11 heteroatoms. The van der Waals surface area contributed by atoms with E-state index in [4.69, 9.17) is 9.47 Å². The predicted molar refractivity (Wildman–Crippen MR) is 134 cm³/mol. The first-order valence-corrected chi connectivity index (χ1v) is 13.3. The number of benzene rings is 1. The molecule has 0 aromatic heterocycles. The highest BCUT2D eigenvalue weighted by Crippen LogP contribution is 2.16. The minimum absolute atomic E-state index is 0.0229. The molecule has 0 saturated heterocycles. The third kappa shape index (κ3) is 13.0. The Balaban J connectivity index is 2.62. The second kappa shape index (κ2) is 17.3. The molecule has 2 atom stereocenters. The Morgan fingerprint density at radius 3 is 2.35 bits per heavy atom. The van der Waals surface area contributed by atoms with E-state index in [1.54, 1.807) is 0 Å². The molecule has 0 heterocycles. The van der Waals surface area contributed by atoms with E-state index in [1.165, 1.54) is 11.8 Å². The molecule has 0 spiro atoms. The Labute approximate surface area is 213 Å². The summed E-state index contributed by atoms with van der Waals surface area (Å²) in [6.07, 6.45) is 1.62. The standard InChI is InChI=1S/C23H34BrN3O6S/c1-3-11-32-21(29)13-26-22(30)19(15-34-14-16-5-7-17(24)8-6-16)27-20(28)10-9-18(25)23(31)33-12-4-2/h5-8,18-19H,3-4,9-15,25H2,1-2H3,(H,26,30)(H,27,28)/p+1. The van der Waals surface area contributed by atoms with Crippen molar-refractivity contribution in [1.82, 2.24) is 10.6 Å². The Kier molecular flexibility index (Phi) is 15.3. The number of ether oxygens (including phenoxy) is 2. The van der Waals surface area contributed by atoms with Crippen LogP contribution in [0.2, 0.25) is 0 Å².